The molecule has 2 heterocycles. The van der Waals surface area contributed by atoms with Gasteiger partial charge >= 0.3 is 0 Å². The first kappa shape index (κ1) is 21.8. The second-order valence-electron chi connectivity index (χ2n) is 7.71. The second kappa shape index (κ2) is 9.48. The van der Waals surface area contributed by atoms with Gasteiger partial charge in [0.1, 0.15) is 18.2 Å². The Morgan fingerprint density at radius 2 is 1.71 bits per heavy atom. The first-order valence-electron chi connectivity index (χ1n) is 10.6. The van der Waals surface area contributed by atoms with Crippen molar-refractivity contribution < 1.29 is 14.0 Å². The first-order valence-corrected chi connectivity index (χ1v) is 11.6. The van der Waals surface area contributed by atoms with Crippen LogP contribution in [0.25, 0.3) is 5.69 Å². The molecule has 0 fully saturated rings. The summed E-state index contributed by atoms with van der Waals surface area (Å²) >= 11 is 1.23. The lowest BCUT2D eigenvalue weighted by atomic mass is 10.1. The molecule has 0 saturated carbocycles. The number of hydrogen-bond donors (Lipinski definition) is 1. The monoisotopic (exact) mass is 473 g/mol. The largest absolute Gasteiger partial charge is 0.323 e. The maximum Gasteiger partial charge on any atom is 0.244 e. The predicted molar refractivity (Wildman–Crippen MR) is 129 cm³/mol. The zero-order valence-corrected chi connectivity index (χ0v) is 18.8. The number of para-hydroxylation sites is 2. The number of halogens is 1. The third kappa shape index (κ3) is 4.55. The van der Waals surface area contributed by atoms with Crippen LogP contribution in [-0.4, -0.2) is 38.9 Å². The van der Waals surface area contributed by atoms with Crippen molar-refractivity contribution in [1.29, 1.82) is 0 Å². The molecule has 0 radical (unpaired) electrons. The Morgan fingerprint density at radius 1 is 0.971 bits per heavy atom. The van der Waals surface area contributed by atoms with Gasteiger partial charge in [-0.1, -0.05) is 54.2 Å². The highest BCUT2D eigenvalue weighted by molar-refractivity contribution is 7.99. The Balaban J connectivity index is 1.41. The van der Waals surface area contributed by atoms with Crippen LogP contribution in [0.4, 0.5) is 15.8 Å². The van der Waals surface area contributed by atoms with E-state index in [-0.39, 0.29) is 29.9 Å². The molecule has 0 unspecified atom stereocenters. The molecule has 2 amide bonds. The van der Waals surface area contributed by atoms with Gasteiger partial charge in [-0.25, -0.2) is 4.39 Å². The summed E-state index contributed by atoms with van der Waals surface area (Å²) in [6.45, 7) is -0.0414. The number of benzene rings is 3. The second-order valence-corrected chi connectivity index (χ2v) is 8.65. The Labute approximate surface area is 199 Å². The summed E-state index contributed by atoms with van der Waals surface area (Å²) in [5.74, 6) is -0.0581. The standard InChI is InChI=1S/C25H20FN5O2S/c26-18-10-12-19(13-11-18)31-22(14-17-6-2-1-3-7-17)28-29-25(31)34-16-24(33)30-15-23(32)27-20-8-4-5-9-21(20)30/h1-13H,14-16H2,(H,27,32). The van der Waals surface area contributed by atoms with E-state index in [0.717, 1.165) is 5.56 Å². The van der Waals surface area contributed by atoms with Crippen LogP contribution in [0, 0.1) is 5.82 Å². The van der Waals surface area contributed by atoms with E-state index in [0.29, 0.717) is 34.5 Å². The van der Waals surface area contributed by atoms with Crippen molar-refractivity contribution in [2.75, 3.05) is 22.5 Å². The van der Waals surface area contributed by atoms with Crippen molar-refractivity contribution in [3.63, 3.8) is 0 Å². The van der Waals surface area contributed by atoms with Crippen molar-refractivity contribution in [3.8, 4) is 5.69 Å². The molecule has 0 bridgehead atoms. The molecule has 1 aliphatic rings. The van der Waals surface area contributed by atoms with E-state index in [9.17, 15) is 14.0 Å². The van der Waals surface area contributed by atoms with Gasteiger partial charge in [-0.3, -0.25) is 14.2 Å². The van der Waals surface area contributed by atoms with Gasteiger partial charge in [-0.15, -0.1) is 10.2 Å². The lowest BCUT2D eigenvalue weighted by molar-refractivity contribution is -0.120. The van der Waals surface area contributed by atoms with Gasteiger partial charge < -0.3 is 10.2 Å². The van der Waals surface area contributed by atoms with Crippen LogP contribution < -0.4 is 10.2 Å². The molecule has 170 valence electrons. The first-order chi connectivity index (χ1) is 16.6. The molecule has 5 rings (SSSR count). The highest BCUT2D eigenvalue weighted by atomic mass is 32.2. The molecule has 0 spiro atoms. The van der Waals surface area contributed by atoms with Crippen molar-refractivity contribution >= 4 is 35.0 Å². The normalized spacial score (nSPS) is 12.9. The molecule has 4 aromatic rings. The van der Waals surface area contributed by atoms with Crippen molar-refractivity contribution in [2.24, 2.45) is 0 Å². The van der Waals surface area contributed by atoms with Gasteiger partial charge in [-0.05, 0) is 42.0 Å². The topological polar surface area (TPSA) is 80.1 Å². The summed E-state index contributed by atoms with van der Waals surface area (Å²) in [6.07, 6.45) is 0.527. The van der Waals surface area contributed by atoms with E-state index < -0.39 is 0 Å². The van der Waals surface area contributed by atoms with Crippen LogP contribution in [0.1, 0.15) is 11.4 Å². The van der Waals surface area contributed by atoms with Gasteiger partial charge in [0.2, 0.25) is 11.8 Å². The molecule has 0 saturated heterocycles. The Bertz CT molecular complexity index is 1340. The lowest BCUT2D eigenvalue weighted by Crippen LogP contribution is -2.43. The smallest absolute Gasteiger partial charge is 0.244 e. The molecule has 34 heavy (non-hydrogen) atoms. The lowest BCUT2D eigenvalue weighted by Gasteiger charge is -2.29. The third-order valence-electron chi connectivity index (χ3n) is 5.39. The zero-order chi connectivity index (χ0) is 23.5. The number of thioether (sulfide) groups is 1. The number of carbonyl (C=O) groups is 2. The van der Waals surface area contributed by atoms with E-state index in [4.69, 9.17) is 0 Å². The zero-order valence-electron chi connectivity index (χ0n) is 18.0. The minimum absolute atomic E-state index is 0.0414. The molecule has 1 aromatic heterocycles. The molecule has 1 aliphatic heterocycles. The fourth-order valence-electron chi connectivity index (χ4n) is 3.80. The Kier molecular flexibility index (Phi) is 6.09. The van der Waals surface area contributed by atoms with Gasteiger partial charge in [0.05, 0.1) is 17.1 Å². The molecular formula is C25H20FN5O2S. The highest BCUT2D eigenvalue weighted by Crippen LogP contribution is 2.30. The number of carbonyl (C=O) groups excluding carboxylic acids is 2. The number of nitrogens with one attached hydrogen (secondary N) is 1. The molecule has 0 aliphatic carbocycles. The minimum atomic E-state index is -0.340. The van der Waals surface area contributed by atoms with Crippen LogP contribution >= 0.6 is 11.8 Å². The maximum atomic E-state index is 13.6. The summed E-state index contributed by atoms with van der Waals surface area (Å²) in [5, 5.41) is 12.0. The summed E-state index contributed by atoms with van der Waals surface area (Å²) in [4.78, 5) is 26.7. The van der Waals surface area contributed by atoms with Crippen molar-refractivity contribution in [2.45, 2.75) is 11.6 Å². The van der Waals surface area contributed by atoms with Crippen LogP contribution in [-0.2, 0) is 16.0 Å². The van der Waals surface area contributed by atoms with Crippen LogP contribution in [0.5, 0.6) is 0 Å². The van der Waals surface area contributed by atoms with E-state index in [1.165, 1.54) is 28.8 Å². The average molecular weight is 474 g/mol. The summed E-state index contributed by atoms with van der Waals surface area (Å²) < 4.78 is 15.4. The van der Waals surface area contributed by atoms with Crippen LogP contribution in [0.2, 0.25) is 0 Å². The van der Waals surface area contributed by atoms with E-state index in [1.54, 1.807) is 30.3 Å². The number of rotatable bonds is 6. The molecule has 7 nitrogen and oxygen atoms in total. The Morgan fingerprint density at radius 3 is 2.50 bits per heavy atom. The quantitative estimate of drug-likeness (QED) is 0.427. The fourth-order valence-corrected chi connectivity index (χ4v) is 4.64. The number of hydrogen-bond acceptors (Lipinski definition) is 5. The summed E-state index contributed by atoms with van der Waals surface area (Å²) in [5.41, 5.74) is 3.03. The number of nitrogens with zero attached hydrogens (tertiary/aromatic N) is 4. The molecule has 1 N–H and O–H groups in total. The predicted octanol–water partition coefficient (Wildman–Crippen LogP) is 4.07. The van der Waals surface area contributed by atoms with E-state index in [1.807, 2.05) is 41.0 Å². The number of anilines is 2. The van der Waals surface area contributed by atoms with Gasteiger partial charge in [-0.2, -0.15) is 0 Å². The maximum absolute atomic E-state index is 13.6. The molecule has 0 atom stereocenters. The fraction of sp³-hybridized carbons (Fsp3) is 0.120. The number of amides is 2. The Hall–Kier alpha value is -3.98. The van der Waals surface area contributed by atoms with Crippen LogP contribution in [0.15, 0.2) is 84.0 Å². The molecular weight excluding hydrogens is 453 g/mol. The van der Waals surface area contributed by atoms with Gasteiger partial charge in [0.15, 0.2) is 5.16 Å². The number of aromatic nitrogens is 3. The summed E-state index contributed by atoms with van der Waals surface area (Å²) in [6, 6.07) is 23.1. The summed E-state index contributed by atoms with van der Waals surface area (Å²) in [7, 11) is 0. The van der Waals surface area contributed by atoms with E-state index >= 15 is 0 Å². The molecule has 3 aromatic carbocycles. The minimum Gasteiger partial charge on any atom is -0.323 e. The van der Waals surface area contributed by atoms with E-state index in [2.05, 4.69) is 15.5 Å². The van der Waals surface area contributed by atoms with Crippen molar-refractivity contribution in [1.82, 2.24) is 14.8 Å². The third-order valence-corrected chi connectivity index (χ3v) is 6.30. The van der Waals surface area contributed by atoms with Gasteiger partial charge in [0.25, 0.3) is 0 Å². The number of fused-ring (bicyclic) bond motifs is 1. The molecule has 9 heteroatoms. The SMILES string of the molecule is O=C1CN(C(=O)CSc2nnc(Cc3ccccc3)n2-c2ccc(F)cc2)c2ccccc2N1. The average Bonchev–Trinajstić information content (AvgIpc) is 3.25. The van der Waals surface area contributed by atoms with Crippen LogP contribution in [0.3, 0.4) is 0 Å². The van der Waals surface area contributed by atoms with Gasteiger partial charge in [0, 0.05) is 12.1 Å². The van der Waals surface area contributed by atoms with Crippen molar-refractivity contribution in [3.05, 3.63) is 96.1 Å². The highest BCUT2D eigenvalue weighted by Gasteiger charge is 2.27.